The Hall–Kier alpha value is -1.82. The lowest BCUT2D eigenvalue weighted by Gasteiger charge is -2.29. The third-order valence-electron chi connectivity index (χ3n) is 3.63. The Kier molecular flexibility index (Phi) is 4.44. The van der Waals surface area contributed by atoms with Crippen LogP contribution in [-0.4, -0.2) is 37.9 Å². The van der Waals surface area contributed by atoms with Crippen LogP contribution in [0.5, 0.6) is 0 Å². The quantitative estimate of drug-likeness (QED) is 0.826. The molecule has 1 aromatic rings. The van der Waals surface area contributed by atoms with E-state index < -0.39 is 11.8 Å². The monoisotopic (exact) mass is 282 g/mol. The average molecular weight is 282 g/mol. The molecule has 3 N–H and O–H groups in total. The maximum Gasteiger partial charge on any atom is 0.337 e. The van der Waals surface area contributed by atoms with Crippen LogP contribution in [0.3, 0.4) is 0 Å². The Labute approximate surface area is 117 Å². The highest BCUT2D eigenvalue weighted by molar-refractivity contribution is 5.95. The van der Waals surface area contributed by atoms with Crippen LogP contribution in [0.4, 0.5) is 15.8 Å². The van der Waals surface area contributed by atoms with Gasteiger partial charge in [0.25, 0.3) is 0 Å². The van der Waals surface area contributed by atoms with Gasteiger partial charge in [-0.1, -0.05) is 0 Å². The van der Waals surface area contributed by atoms with Gasteiger partial charge in [-0.15, -0.1) is 0 Å². The van der Waals surface area contributed by atoms with Gasteiger partial charge in [0.05, 0.1) is 11.3 Å². The summed E-state index contributed by atoms with van der Waals surface area (Å²) in [5.74, 6) is -1.22. The van der Waals surface area contributed by atoms with Crippen LogP contribution in [0, 0.1) is 11.7 Å². The van der Waals surface area contributed by atoms with Crippen molar-refractivity contribution in [2.45, 2.75) is 12.8 Å². The molecule has 110 valence electrons. The number of rotatable bonds is 4. The van der Waals surface area contributed by atoms with Gasteiger partial charge in [-0.25, -0.2) is 9.18 Å². The van der Waals surface area contributed by atoms with E-state index in [0.717, 1.165) is 32.1 Å². The lowest BCUT2D eigenvalue weighted by Crippen LogP contribution is -2.30. The first kappa shape index (κ1) is 14.6. The zero-order chi connectivity index (χ0) is 14.7. The summed E-state index contributed by atoms with van der Waals surface area (Å²) >= 11 is 0. The van der Waals surface area contributed by atoms with Crippen LogP contribution in [-0.2, 0) is 4.74 Å². The number of hydrogen-bond acceptors (Lipinski definition) is 4. The minimum absolute atomic E-state index is 0.0572. The second-order valence-electron chi connectivity index (χ2n) is 5.13. The van der Waals surface area contributed by atoms with E-state index in [0.29, 0.717) is 12.5 Å². The predicted octanol–water partition coefficient (Wildman–Crippen LogP) is 1.97. The first-order valence-electron chi connectivity index (χ1n) is 6.60. The van der Waals surface area contributed by atoms with Crippen LogP contribution in [0.15, 0.2) is 12.1 Å². The van der Waals surface area contributed by atoms with Crippen molar-refractivity contribution in [1.82, 2.24) is 0 Å². The molecule has 0 saturated carbocycles. The average Bonchev–Trinajstić information content (AvgIpc) is 2.39. The number of nitrogens with zero attached hydrogens (tertiary/aromatic N) is 1. The van der Waals surface area contributed by atoms with Crippen LogP contribution in [0.1, 0.15) is 23.2 Å². The van der Waals surface area contributed by atoms with Gasteiger partial charge in [-0.2, -0.15) is 0 Å². The number of carbonyl (C=O) groups is 1. The van der Waals surface area contributed by atoms with Gasteiger partial charge in [0.2, 0.25) is 0 Å². The van der Waals surface area contributed by atoms with Gasteiger partial charge in [-0.3, -0.25) is 0 Å². The highest BCUT2D eigenvalue weighted by atomic mass is 19.1. The van der Waals surface area contributed by atoms with Crippen molar-refractivity contribution < 1.29 is 19.0 Å². The third kappa shape index (κ3) is 3.19. The highest BCUT2D eigenvalue weighted by Crippen LogP contribution is 2.27. The molecule has 5 nitrogen and oxygen atoms in total. The lowest BCUT2D eigenvalue weighted by molar-refractivity contribution is 0.0685. The van der Waals surface area contributed by atoms with E-state index in [1.807, 2.05) is 0 Å². The molecule has 1 aliphatic heterocycles. The smallest absolute Gasteiger partial charge is 0.337 e. The minimum Gasteiger partial charge on any atom is -0.478 e. The molecule has 0 aliphatic carbocycles. The number of hydrogen-bond donors (Lipinski definition) is 2. The van der Waals surface area contributed by atoms with Gasteiger partial charge in [0.15, 0.2) is 0 Å². The topological polar surface area (TPSA) is 75.8 Å². The Morgan fingerprint density at radius 2 is 2.15 bits per heavy atom. The second kappa shape index (κ2) is 6.09. The standard InChI is InChI=1S/C14H19FN2O3/c1-17(8-9-2-4-20-5-3-9)13-6-10(14(18)19)12(16)7-11(13)15/h6-7,9H,2-5,8,16H2,1H3,(H,18,19). The van der Waals surface area contributed by atoms with Crippen molar-refractivity contribution in [2.24, 2.45) is 5.92 Å². The predicted molar refractivity (Wildman–Crippen MR) is 74.6 cm³/mol. The van der Waals surface area contributed by atoms with Gasteiger partial charge in [-0.05, 0) is 30.9 Å². The van der Waals surface area contributed by atoms with Crippen LogP contribution >= 0.6 is 0 Å². The van der Waals surface area contributed by atoms with Crippen LogP contribution in [0.2, 0.25) is 0 Å². The molecule has 1 aromatic carbocycles. The van der Waals surface area contributed by atoms with E-state index in [1.165, 1.54) is 6.07 Å². The molecule has 0 bridgehead atoms. The van der Waals surface area contributed by atoms with Gasteiger partial charge in [0.1, 0.15) is 5.82 Å². The maximum atomic E-state index is 14.0. The van der Waals surface area contributed by atoms with Crippen molar-refractivity contribution >= 4 is 17.3 Å². The summed E-state index contributed by atoms with van der Waals surface area (Å²) in [7, 11) is 1.76. The first-order valence-corrected chi connectivity index (χ1v) is 6.60. The Morgan fingerprint density at radius 3 is 2.75 bits per heavy atom. The zero-order valence-corrected chi connectivity index (χ0v) is 11.4. The van der Waals surface area contributed by atoms with Gasteiger partial charge < -0.3 is 20.5 Å². The van der Waals surface area contributed by atoms with E-state index in [-0.39, 0.29) is 16.9 Å². The minimum atomic E-state index is -1.15. The number of aromatic carboxylic acids is 1. The van der Waals surface area contributed by atoms with E-state index in [4.69, 9.17) is 15.6 Å². The highest BCUT2D eigenvalue weighted by Gasteiger charge is 2.20. The van der Waals surface area contributed by atoms with Crippen molar-refractivity contribution in [2.75, 3.05) is 37.4 Å². The van der Waals surface area contributed by atoms with Crippen molar-refractivity contribution in [3.05, 3.63) is 23.5 Å². The molecule has 0 atom stereocenters. The molecule has 0 spiro atoms. The molecule has 1 aliphatic rings. The fourth-order valence-electron chi connectivity index (χ4n) is 2.47. The van der Waals surface area contributed by atoms with Crippen molar-refractivity contribution in [3.63, 3.8) is 0 Å². The normalized spacial score (nSPS) is 16.1. The summed E-state index contributed by atoms with van der Waals surface area (Å²) in [4.78, 5) is 12.8. The Morgan fingerprint density at radius 1 is 1.50 bits per heavy atom. The fourth-order valence-corrected chi connectivity index (χ4v) is 2.47. The SMILES string of the molecule is CN(CC1CCOCC1)c1cc(C(=O)O)c(N)cc1F. The summed E-state index contributed by atoms with van der Waals surface area (Å²) in [5.41, 5.74) is 5.66. The summed E-state index contributed by atoms with van der Waals surface area (Å²) in [6, 6.07) is 2.37. The summed E-state index contributed by atoms with van der Waals surface area (Å²) < 4.78 is 19.2. The van der Waals surface area contributed by atoms with Crippen LogP contribution in [0.25, 0.3) is 0 Å². The van der Waals surface area contributed by atoms with Crippen molar-refractivity contribution in [3.8, 4) is 0 Å². The fraction of sp³-hybridized carbons (Fsp3) is 0.500. The van der Waals surface area contributed by atoms with E-state index in [2.05, 4.69) is 0 Å². The molecule has 2 rings (SSSR count). The molecular formula is C14H19FN2O3. The number of nitrogen functional groups attached to an aromatic ring is 1. The zero-order valence-electron chi connectivity index (χ0n) is 11.4. The first-order chi connectivity index (χ1) is 9.49. The molecule has 0 unspecified atom stereocenters. The largest absolute Gasteiger partial charge is 0.478 e. The van der Waals surface area contributed by atoms with E-state index >= 15 is 0 Å². The van der Waals surface area contributed by atoms with Crippen molar-refractivity contribution in [1.29, 1.82) is 0 Å². The van der Waals surface area contributed by atoms with Gasteiger partial charge >= 0.3 is 5.97 Å². The van der Waals surface area contributed by atoms with E-state index in [9.17, 15) is 9.18 Å². The van der Waals surface area contributed by atoms with E-state index in [1.54, 1.807) is 11.9 Å². The molecular weight excluding hydrogens is 263 g/mol. The van der Waals surface area contributed by atoms with Gasteiger partial charge in [0, 0.05) is 32.5 Å². The molecule has 0 radical (unpaired) electrons. The van der Waals surface area contributed by atoms with Crippen LogP contribution < -0.4 is 10.6 Å². The number of nitrogens with two attached hydrogens (primary N) is 1. The molecule has 1 heterocycles. The number of carboxylic acid groups (broad SMARTS) is 1. The molecule has 1 saturated heterocycles. The summed E-state index contributed by atoms with van der Waals surface area (Å²) in [5, 5.41) is 9.05. The molecule has 6 heteroatoms. The Bertz CT molecular complexity index is 501. The maximum absolute atomic E-state index is 14.0. The number of halogens is 1. The second-order valence-corrected chi connectivity index (χ2v) is 5.13. The third-order valence-corrected chi connectivity index (χ3v) is 3.63. The number of carboxylic acids is 1. The Balaban J connectivity index is 2.17. The number of anilines is 2. The molecule has 0 aromatic heterocycles. The lowest BCUT2D eigenvalue weighted by atomic mass is 9.99. The number of benzene rings is 1. The summed E-state index contributed by atoms with van der Waals surface area (Å²) in [6.45, 7) is 2.12. The summed E-state index contributed by atoms with van der Waals surface area (Å²) in [6.07, 6.45) is 1.87. The molecule has 20 heavy (non-hydrogen) atoms. The molecule has 0 amide bonds. The molecule has 1 fully saturated rings. The number of ether oxygens (including phenoxy) is 1.